The minimum absolute atomic E-state index is 0.0466. The van der Waals surface area contributed by atoms with Gasteiger partial charge < -0.3 is 10.2 Å². The first kappa shape index (κ1) is 12.1. The van der Waals surface area contributed by atoms with E-state index in [4.69, 9.17) is 0 Å². The van der Waals surface area contributed by atoms with Crippen LogP contribution in [0.4, 0.5) is 0 Å². The van der Waals surface area contributed by atoms with Crippen LogP contribution in [0.2, 0.25) is 0 Å². The average Bonchev–Trinajstić information content (AvgIpc) is 3.20. The lowest BCUT2D eigenvalue weighted by Crippen LogP contribution is -2.58. The van der Waals surface area contributed by atoms with Gasteiger partial charge in [0.2, 0.25) is 11.8 Å². The van der Waals surface area contributed by atoms with Crippen LogP contribution in [0.5, 0.6) is 0 Å². The molecule has 5 nitrogen and oxygen atoms in total. The number of carbonyl (C=O) groups excluding carboxylic acids is 2. The fourth-order valence-electron chi connectivity index (χ4n) is 2.48. The molecule has 0 aromatic carbocycles. The van der Waals surface area contributed by atoms with E-state index in [1.807, 2.05) is 13.0 Å². The Morgan fingerprint density at radius 3 is 2.89 bits per heavy atom. The Balaban J connectivity index is 1.77. The molecular weight excluding hydrogens is 242 g/mol. The Morgan fingerprint density at radius 1 is 1.42 bits per heavy atom. The van der Waals surface area contributed by atoms with E-state index in [1.54, 1.807) is 17.3 Å². The SMILES string of the molecule is Cc1ccncc1CN1CC(=O)NC(C2CC2)C1=O. The highest BCUT2D eigenvalue weighted by atomic mass is 16.2. The van der Waals surface area contributed by atoms with E-state index in [-0.39, 0.29) is 24.4 Å². The normalized spacial score (nSPS) is 23.4. The van der Waals surface area contributed by atoms with Crippen LogP contribution in [-0.2, 0) is 16.1 Å². The van der Waals surface area contributed by atoms with E-state index >= 15 is 0 Å². The summed E-state index contributed by atoms with van der Waals surface area (Å²) >= 11 is 0. The molecule has 100 valence electrons. The lowest BCUT2D eigenvalue weighted by atomic mass is 10.1. The summed E-state index contributed by atoms with van der Waals surface area (Å²) in [5.74, 6) is 0.331. The Bertz CT molecular complexity index is 525. The lowest BCUT2D eigenvalue weighted by Gasteiger charge is -2.32. The van der Waals surface area contributed by atoms with Gasteiger partial charge in [-0.05, 0) is 42.9 Å². The first-order valence-electron chi connectivity index (χ1n) is 6.63. The third-order valence-electron chi connectivity index (χ3n) is 3.83. The van der Waals surface area contributed by atoms with E-state index in [0.29, 0.717) is 12.5 Å². The second-order valence-corrected chi connectivity index (χ2v) is 5.38. The summed E-state index contributed by atoms with van der Waals surface area (Å²) in [4.78, 5) is 29.8. The van der Waals surface area contributed by atoms with Gasteiger partial charge in [0, 0.05) is 18.9 Å². The summed E-state index contributed by atoms with van der Waals surface area (Å²) in [6.45, 7) is 2.61. The fourth-order valence-corrected chi connectivity index (χ4v) is 2.48. The molecule has 1 aromatic rings. The van der Waals surface area contributed by atoms with Crippen molar-refractivity contribution in [3.63, 3.8) is 0 Å². The number of aryl methyl sites for hydroxylation is 1. The number of aromatic nitrogens is 1. The molecule has 5 heteroatoms. The molecule has 1 N–H and O–H groups in total. The number of hydrogen-bond acceptors (Lipinski definition) is 3. The van der Waals surface area contributed by atoms with Gasteiger partial charge in [-0.15, -0.1) is 0 Å². The van der Waals surface area contributed by atoms with Crippen molar-refractivity contribution < 1.29 is 9.59 Å². The van der Waals surface area contributed by atoms with Crippen molar-refractivity contribution in [2.75, 3.05) is 6.54 Å². The van der Waals surface area contributed by atoms with Crippen LogP contribution in [0.3, 0.4) is 0 Å². The third kappa shape index (κ3) is 2.45. The van der Waals surface area contributed by atoms with E-state index < -0.39 is 0 Å². The molecule has 1 aromatic heterocycles. The van der Waals surface area contributed by atoms with Crippen LogP contribution in [0, 0.1) is 12.8 Å². The summed E-state index contributed by atoms with van der Waals surface area (Å²) < 4.78 is 0. The number of rotatable bonds is 3. The van der Waals surface area contributed by atoms with Gasteiger partial charge in [0.15, 0.2) is 0 Å². The van der Waals surface area contributed by atoms with Gasteiger partial charge in [0.1, 0.15) is 6.04 Å². The van der Waals surface area contributed by atoms with Gasteiger partial charge in [-0.2, -0.15) is 0 Å². The highest BCUT2D eigenvalue weighted by molar-refractivity contribution is 5.95. The molecule has 1 atom stereocenters. The van der Waals surface area contributed by atoms with Crippen molar-refractivity contribution in [2.24, 2.45) is 5.92 Å². The number of amides is 2. The van der Waals surface area contributed by atoms with E-state index in [9.17, 15) is 9.59 Å². The topological polar surface area (TPSA) is 62.3 Å². The van der Waals surface area contributed by atoms with Gasteiger partial charge in [0.05, 0.1) is 6.54 Å². The molecule has 2 heterocycles. The van der Waals surface area contributed by atoms with Crippen molar-refractivity contribution in [1.82, 2.24) is 15.2 Å². The smallest absolute Gasteiger partial charge is 0.246 e. The second kappa shape index (κ2) is 4.64. The molecule has 1 aliphatic heterocycles. The number of piperazine rings is 1. The molecule has 2 amide bonds. The van der Waals surface area contributed by atoms with Crippen LogP contribution in [0.15, 0.2) is 18.5 Å². The van der Waals surface area contributed by atoms with Crippen molar-refractivity contribution in [2.45, 2.75) is 32.4 Å². The molecule has 19 heavy (non-hydrogen) atoms. The molecule has 1 saturated carbocycles. The first-order valence-corrected chi connectivity index (χ1v) is 6.63. The summed E-state index contributed by atoms with van der Waals surface area (Å²) in [5, 5.41) is 2.81. The number of nitrogens with one attached hydrogen (secondary N) is 1. The minimum Gasteiger partial charge on any atom is -0.342 e. The van der Waals surface area contributed by atoms with Crippen LogP contribution < -0.4 is 5.32 Å². The first-order chi connectivity index (χ1) is 9.15. The molecule has 1 saturated heterocycles. The monoisotopic (exact) mass is 259 g/mol. The lowest BCUT2D eigenvalue weighted by molar-refractivity contribution is -0.145. The predicted molar refractivity (Wildman–Crippen MR) is 69.0 cm³/mol. The summed E-state index contributed by atoms with van der Waals surface area (Å²) in [6.07, 6.45) is 5.57. The molecule has 3 rings (SSSR count). The van der Waals surface area contributed by atoms with Crippen molar-refractivity contribution in [1.29, 1.82) is 0 Å². The van der Waals surface area contributed by atoms with Gasteiger partial charge in [-0.3, -0.25) is 14.6 Å². The van der Waals surface area contributed by atoms with Crippen LogP contribution in [0.25, 0.3) is 0 Å². The van der Waals surface area contributed by atoms with Crippen molar-refractivity contribution in [3.05, 3.63) is 29.6 Å². The molecule has 2 aliphatic rings. The molecule has 0 bridgehead atoms. The minimum atomic E-state index is -0.307. The summed E-state index contributed by atoms with van der Waals surface area (Å²) in [6, 6.07) is 1.61. The summed E-state index contributed by atoms with van der Waals surface area (Å²) in [7, 11) is 0. The zero-order valence-corrected chi connectivity index (χ0v) is 10.9. The van der Waals surface area contributed by atoms with E-state index in [1.165, 1.54) is 0 Å². The molecule has 0 spiro atoms. The maximum atomic E-state index is 12.4. The van der Waals surface area contributed by atoms with Crippen LogP contribution >= 0.6 is 0 Å². The Kier molecular flexibility index (Phi) is 2.97. The highest BCUT2D eigenvalue weighted by Gasteiger charge is 2.42. The Labute approximate surface area is 112 Å². The standard InChI is InChI=1S/C14H17N3O2/c1-9-4-5-15-6-11(9)7-17-8-12(18)16-13(14(17)19)10-2-3-10/h4-6,10,13H,2-3,7-8H2,1H3,(H,16,18). The highest BCUT2D eigenvalue weighted by Crippen LogP contribution is 2.34. The molecule has 0 radical (unpaired) electrons. The van der Waals surface area contributed by atoms with Gasteiger partial charge >= 0.3 is 0 Å². The quantitative estimate of drug-likeness (QED) is 0.866. The number of nitrogens with zero attached hydrogens (tertiary/aromatic N) is 2. The fraction of sp³-hybridized carbons (Fsp3) is 0.500. The van der Waals surface area contributed by atoms with Gasteiger partial charge in [-0.25, -0.2) is 0 Å². The zero-order chi connectivity index (χ0) is 13.4. The molecule has 1 aliphatic carbocycles. The predicted octanol–water partition coefficient (Wildman–Crippen LogP) is 0.627. The molecule has 2 fully saturated rings. The van der Waals surface area contributed by atoms with Crippen LogP contribution in [0.1, 0.15) is 24.0 Å². The van der Waals surface area contributed by atoms with Gasteiger partial charge in [0.25, 0.3) is 0 Å². The number of hydrogen-bond donors (Lipinski definition) is 1. The van der Waals surface area contributed by atoms with Crippen LogP contribution in [-0.4, -0.2) is 34.3 Å². The Hall–Kier alpha value is -1.91. The number of carbonyl (C=O) groups is 2. The van der Waals surface area contributed by atoms with Gasteiger partial charge in [-0.1, -0.05) is 0 Å². The van der Waals surface area contributed by atoms with E-state index in [0.717, 1.165) is 24.0 Å². The maximum Gasteiger partial charge on any atom is 0.246 e. The number of pyridine rings is 1. The Morgan fingerprint density at radius 2 is 2.21 bits per heavy atom. The van der Waals surface area contributed by atoms with Crippen molar-refractivity contribution >= 4 is 11.8 Å². The molecule has 1 unspecified atom stereocenters. The van der Waals surface area contributed by atoms with E-state index in [2.05, 4.69) is 10.3 Å². The second-order valence-electron chi connectivity index (χ2n) is 5.38. The molecular formula is C14H17N3O2. The average molecular weight is 259 g/mol. The maximum absolute atomic E-state index is 12.4. The zero-order valence-electron chi connectivity index (χ0n) is 10.9. The van der Waals surface area contributed by atoms with Crippen molar-refractivity contribution in [3.8, 4) is 0 Å². The third-order valence-corrected chi connectivity index (χ3v) is 3.83. The summed E-state index contributed by atoms with van der Waals surface area (Å²) in [5.41, 5.74) is 2.09. The largest absolute Gasteiger partial charge is 0.342 e.